The second kappa shape index (κ2) is 9.02. The van der Waals surface area contributed by atoms with Gasteiger partial charge in [-0.2, -0.15) is 0 Å². The first-order valence-electron chi connectivity index (χ1n) is 8.84. The molecule has 1 aliphatic rings. The number of halogens is 1. The van der Waals surface area contributed by atoms with Gasteiger partial charge in [0.15, 0.2) is 0 Å². The number of rotatable bonds is 7. The van der Waals surface area contributed by atoms with Gasteiger partial charge in [-0.25, -0.2) is 4.39 Å². The molecule has 2 rings (SSSR count). The lowest BCUT2D eigenvalue weighted by Gasteiger charge is -2.35. The van der Waals surface area contributed by atoms with E-state index in [1.165, 1.54) is 6.07 Å². The van der Waals surface area contributed by atoms with Crippen LogP contribution in [0.15, 0.2) is 18.2 Å². The van der Waals surface area contributed by atoms with E-state index in [1.54, 1.807) is 6.07 Å². The summed E-state index contributed by atoms with van der Waals surface area (Å²) in [6.07, 6.45) is 2.26. The third-order valence-corrected chi connectivity index (χ3v) is 4.15. The zero-order valence-electron chi connectivity index (χ0n) is 15.0. The van der Waals surface area contributed by atoms with Crippen molar-refractivity contribution in [2.24, 2.45) is 5.92 Å². The summed E-state index contributed by atoms with van der Waals surface area (Å²) >= 11 is 0. The maximum Gasteiger partial charge on any atom is 0.222 e. The summed E-state index contributed by atoms with van der Waals surface area (Å²) in [4.78, 5) is 14.1. The summed E-state index contributed by atoms with van der Waals surface area (Å²) in [6, 6.07) is 5.23. The lowest BCUT2D eigenvalue weighted by molar-refractivity contribution is -0.123. The predicted molar refractivity (Wildman–Crippen MR) is 94.8 cm³/mol. The van der Waals surface area contributed by atoms with Gasteiger partial charge >= 0.3 is 0 Å². The van der Waals surface area contributed by atoms with Crippen LogP contribution in [-0.4, -0.2) is 38.3 Å². The number of amides is 1. The number of hydrogen-bond donors (Lipinski definition) is 1. The van der Waals surface area contributed by atoms with E-state index in [0.717, 1.165) is 24.9 Å². The first-order valence-corrected chi connectivity index (χ1v) is 8.84. The van der Waals surface area contributed by atoms with Gasteiger partial charge in [0, 0.05) is 32.2 Å². The fraction of sp³-hybridized carbons (Fsp3) is 0.632. The zero-order chi connectivity index (χ0) is 17.5. The highest BCUT2D eigenvalue weighted by atomic mass is 19.1. The number of nitrogens with one attached hydrogen (secondary N) is 1. The molecule has 134 valence electrons. The standard InChI is InChI=1S/C19H29FN2O2/c1-14(2)13-24-10-8-19(23)21-16-5-4-9-22(12-16)18-11-15(3)6-7-17(18)20/h6-7,11,14,16H,4-5,8-10,12-13H2,1-3H3,(H,21,23). The van der Waals surface area contributed by atoms with Gasteiger partial charge < -0.3 is 15.0 Å². The van der Waals surface area contributed by atoms with Crippen molar-refractivity contribution < 1.29 is 13.9 Å². The van der Waals surface area contributed by atoms with Gasteiger partial charge in [0.2, 0.25) is 5.91 Å². The van der Waals surface area contributed by atoms with Gasteiger partial charge in [-0.3, -0.25) is 4.79 Å². The van der Waals surface area contributed by atoms with Crippen molar-refractivity contribution in [2.45, 2.75) is 46.1 Å². The quantitative estimate of drug-likeness (QED) is 0.777. The number of piperidine rings is 1. The highest BCUT2D eigenvalue weighted by molar-refractivity contribution is 5.76. The van der Waals surface area contributed by atoms with Crippen LogP contribution in [0.5, 0.6) is 0 Å². The van der Waals surface area contributed by atoms with Crippen LogP contribution in [-0.2, 0) is 9.53 Å². The number of carbonyl (C=O) groups excluding carboxylic acids is 1. The Hall–Kier alpha value is -1.62. The minimum Gasteiger partial charge on any atom is -0.381 e. The number of anilines is 1. The van der Waals surface area contributed by atoms with Crippen molar-refractivity contribution in [3.63, 3.8) is 0 Å². The summed E-state index contributed by atoms with van der Waals surface area (Å²) in [5, 5.41) is 3.06. The predicted octanol–water partition coefficient (Wildman–Crippen LogP) is 3.28. The van der Waals surface area contributed by atoms with Crippen LogP contribution in [0, 0.1) is 18.7 Å². The summed E-state index contributed by atoms with van der Waals surface area (Å²) in [7, 11) is 0. The van der Waals surface area contributed by atoms with Crippen molar-refractivity contribution >= 4 is 11.6 Å². The number of nitrogens with zero attached hydrogens (tertiary/aromatic N) is 1. The zero-order valence-corrected chi connectivity index (χ0v) is 15.0. The van der Waals surface area contributed by atoms with Crippen LogP contribution >= 0.6 is 0 Å². The molecule has 1 amide bonds. The molecule has 1 aliphatic heterocycles. The number of ether oxygens (including phenoxy) is 1. The van der Waals surface area contributed by atoms with E-state index in [-0.39, 0.29) is 17.8 Å². The maximum absolute atomic E-state index is 14.1. The molecule has 1 unspecified atom stereocenters. The van der Waals surface area contributed by atoms with Crippen LogP contribution in [0.4, 0.5) is 10.1 Å². The molecule has 1 aromatic carbocycles. The van der Waals surface area contributed by atoms with E-state index in [9.17, 15) is 9.18 Å². The molecule has 1 saturated heterocycles. The van der Waals surface area contributed by atoms with E-state index in [4.69, 9.17) is 4.74 Å². The molecule has 1 N–H and O–H groups in total. The largest absolute Gasteiger partial charge is 0.381 e. The van der Waals surface area contributed by atoms with E-state index < -0.39 is 0 Å². The van der Waals surface area contributed by atoms with Gasteiger partial charge in [0.25, 0.3) is 0 Å². The van der Waals surface area contributed by atoms with Gasteiger partial charge in [0.05, 0.1) is 12.3 Å². The third kappa shape index (κ3) is 5.78. The molecule has 1 atom stereocenters. The van der Waals surface area contributed by atoms with Crippen molar-refractivity contribution in [3.05, 3.63) is 29.6 Å². The molecule has 0 bridgehead atoms. The second-order valence-electron chi connectivity index (χ2n) is 7.03. The molecule has 24 heavy (non-hydrogen) atoms. The molecule has 0 radical (unpaired) electrons. The first kappa shape index (κ1) is 18.7. The molecule has 5 heteroatoms. The lowest BCUT2D eigenvalue weighted by atomic mass is 10.0. The average molecular weight is 336 g/mol. The van der Waals surface area contributed by atoms with Gasteiger partial charge in [-0.05, 0) is 43.4 Å². The molecule has 0 saturated carbocycles. The third-order valence-electron chi connectivity index (χ3n) is 4.15. The topological polar surface area (TPSA) is 41.6 Å². The Kier molecular flexibility index (Phi) is 7.03. The Morgan fingerprint density at radius 3 is 3.00 bits per heavy atom. The first-order chi connectivity index (χ1) is 11.5. The molecular weight excluding hydrogens is 307 g/mol. The summed E-state index contributed by atoms with van der Waals surface area (Å²) in [6.45, 7) is 8.73. The summed E-state index contributed by atoms with van der Waals surface area (Å²) in [5.41, 5.74) is 1.68. The fourth-order valence-electron chi connectivity index (χ4n) is 2.96. The Balaban J connectivity index is 1.82. The Bertz CT molecular complexity index is 548. The molecule has 0 spiro atoms. The van der Waals surface area contributed by atoms with Crippen LogP contribution in [0.3, 0.4) is 0 Å². The van der Waals surface area contributed by atoms with E-state index in [1.807, 2.05) is 17.9 Å². The van der Waals surface area contributed by atoms with Crippen molar-refractivity contribution in [1.29, 1.82) is 0 Å². The summed E-state index contributed by atoms with van der Waals surface area (Å²) < 4.78 is 19.5. The Labute approximate surface area is 144 Å². The molecule has 1 fully saturated rings. The van der Waals surface area contributed by atoms with Crippen molar-refractivity contribution in [2.75, 3.05) is 31.2 Å². The van der Waals surface area contributed by atoms with Crippen LogP contribution in [0.2, 0.25) is 0 Å². The smallest absolute Gasteiger partial charge is 0.222 e. The summed E-state index contributed by atoms with van der Waals surface area (Å²) in [5.74, 6) is 0.286. The lowest BCUT2D eigenvalue weighted by Crippen LogP contribution is -2.48. The van der Waals surface area contributed by atoms with Gasteiger partial charge in [0.1, 0.15) is 5.82 Å². The number of carbonyl (C=O) groups is 1. The average Bonchev–Trinajstić information content (AvgIpc) is 2.54. The SMILES string of the molecule is Cc1ccc(F)c(N2CCCC(NC(=O)CCOCC(C)C)C2)c1. The minimum absolute atomic E-state index is 0.00956. The molecule has 0 aromatic heterocycles. The van der Waals surface area contributed by atoms with E-state index in [2.05, 4.69) is 19.2 Å². The van der Waals surface area contributed by atoms with Crippen molar-refractivity contribution in [3.8, 4) is 0 Å². The second-order valence-corrected chi connectivity index (χ2v) is 7.03. The van der Waals surface area contributed by atoms with Crippen LogP contribution in [0.25, 0.3) is 0 Å². The van der Waals surface area contributed by atoms with E-state index >= 15 is 0 Å². The molecule has 4 nitrogen and oxygen atoms in total. The van der Waals surface area contributed by atoms with Gasteiger partial charge in [-0.15, -0.1) is 0 Å². The number of aryl methyl sites for hydroxylation is 1. The Morgan fingerprint density at radius 2 is 2.25 bits per heavy atom. The molecule has 0 aliphatic carbocycles. The van der Waals surface area contributed by atoms with Crippen molar-refractivity contribution in [1.82, 2.24) is 5.32 Å². The fourth-order valence-corrected chi connectivity index (χ4v) is 2.96. The Morgan fingerprint density at radius 1 is 1.46 bits per heavy atom. The van der Waals surface area contributed by atoms with Gasteiger partial charge in [-0.1, -0.05) is 19.9 Å². The number of hydrogen-bond acceptors (Lipinski definition) is 3. The normalized spacial score (nSPS) is 18.0. The van der Waals surface area contributed by atoms with Crippen LogP contribution in [0.1, 0.15) is 38.7 Å². The highest BCUT2D eigenvalue weighted by Gasteiger charge is 2.23. The maximum atomic E-state index is 14.1. The molecular formula is C19H29FN2O2. The molecule has 1 aromatic rings. The minimum atomic E-state index is -0.199. The van der Waals surface area contributed by atoms with Crippen LogP contribution < -0.4 is 10.2 Å². The highest BCUT2D eigenvalue weighted by Crippen LogP contribution is 2.24. The molecule has 1 heterocycles. The van der Waals surface area contributed by atoms with E-state index in [0.29, 0.717) is 37.8 Å². The number of benzene rings is 1. The monoisotopic (exact) mass is 336 g/mol.